The number of ether oxygens (including phenoxy) is 1. The van der Waals surface area contributed by atoms with Crippen molar-refractivity contribution in [1.29, 1.82) is 0 Å². The molecular formula is C15H16N4O2. The third-order valence-corrected chi connectivity index (χ3v) is 3.64. The zero-order chi connectivity index (χ0) is 14.1. The smallest absolute Gasteiger partial charge is 0.298 e. The second kappa shape index (κ2) is 5.21. The van der Waals surface area contributed by atoms with Crippen LogP contribution in [-0.4, -0.2) is 40.6 Å². The van der Waals surface area contributed by atoms with Gasteiger partial charge in [-0.1, -0.05) is 12.1 Å². The summed E-state index contributed by atoms with van der Waals surface area (Å²) >= 11 is 0. The fourth-order valence-electron chi connectivity index (χ4n) is 2.62. The van der Waals surface area contributed by atoms with E-state index in [0.717, 1.165) is 30.7 Å². The van der Waals surface area contributed by atoms with E-state index in [9.17, 15) is 0 Å². The van der Waals surface area contributed by atoms with Gasteiger partial charge in [0.05, 0.1) is 25.8 Å². The van der Waals surface area contributed by atoms with Crippen molar-refractivity contribution in [2.24, 2.45) is 0 Å². The highest BCUT2D eigenvalue weighted by Gasteiger charge is 2.24. The van der Waals surface area contributed by atoms with Gasteiger partial charge in [0.15, 0.2) is 5.58 Å². The van der Waals surface area contributed by atoms with Crippen molar-refractivity contribution in [3.63, 3.8) is 0 Å². The predicted molar refractivity (Wildman–Crippen MR) is 78.2 cm³/mol. The largest absolute Gasteiger partial charge is 0.423 e. The summed E-state index contributed by atoms with van der Waals surface area (Å²) in [6.07, 6.45) is 3.82. The average molecular weight is 284 g/mol. The lowest BCUT2D eigenvalue weighted by Crippen LogP contribution is -2.44. The average Bonchev–Trinajstić information content (AvgIpc) is 3.16. The van der Waals surface area contributed by atoms with Gasteiger partial charge in [-0.2, -0.15) is 10.1 Å². The first-order chi connectivity index (χ1) is 10.4. The number of fused-ring (bicyclic) bond motifs is 1. The van der Waals surface area contributed by atoms with Gasteiger partial charge in [-0.05, 0) is 18.2 Å². The Morgan fingerprint density at radius 1 is 1.24 bits per heavy atom. The molecule has 1 aliphatic rings. The molecule has 3 aromatic rings. The Hall–Kier alpha value is -2.34. The van der Waals surface area contributed by atoms with Crippen molar-refractivity contribution >= 4 is 17.1 Å². The van der Waals surface area contributed by atoms with Crippen molar-refractivity contribution in [1.82, 2.24) is 14.8 Å². The second-order valence-electron chi connectivity index (χ2n) is 5.13. The van der Waals surface area contributed by atoms with Gasteiger partial charge in [-0.3, -0.25) is 4.68 Å². The first kappa shape index (κ1) is 12.4. The maximum absolute atomic E-state index is 5.83. The van der Waals surface area contributed by atoms with Crippen LogP contribution in [0.3, 0.4) is 0 Å². The zero-order valence-corrected chi connectivity index (χ0v) is 11.6. The Morgan fingerprint density at radius 3 is 3.05 bits per heavy atom. The number of para-hydroxylation sites is 2. The monoisotopic (exact) mass is 284 g/mol. The summed E-state index contributed by atoms with van der Waals surface area (Å²) in [5, 5.41) is 4.22. The molecule has 108 valence electrons. The molecule has 0 saturated carbocycles. The van der Waals surface area contributed by atoms with Gasteiger partial charge in [-0.15, -0.1) is 0 Å². The van der Waals surface area contributed by atoms with Crippen molar-refractivity contribution < 1.29 is 9.15 Å². The number of rotatable bonds is 3. The van der Waals surface area contributed by atoms with Crippen LogP contribution in [0.2, 0.25) is 0 Å². The zero-order valence-electron chi connectivity index (χ0n) is 11.6. The summed E-state index contributed by atoms with van der Waals surface area (Å²) < 4.78 is 13.5. The highest BCUT2D eigenvalue weighted by Crippen LogP contribution is 2.23. The van der Waals surface area contributed by atoms with Crippen molar-refractivity contribution in [2.45, 2.75) is 12.6 Å². The summed E-state index contributed by atoms with van der Waals surface area (Å²) in [6.45, 7) is 2.96. The topological polar surface area (TPSA) is 56.3 Å². The van der Waals surface area contributed by atoms with E-state index in [-0.39, 0.29) is 6.10 Å². The minimum absolute atomic E-state index is 0.0914. The Bertz CT molecular complexity index is 689. The van der Waals surface area contributed by atoms with E-state index >= 15 is 0 Å². The first-order valence-corrected chi connectivity index (χ1v) is 7.08. The molecule has 3 heterocycles. The summed E-state index contributed by atoms with van der Waals surface area (Å²) in [6, 6.07) is 10.4. The van der Waals surface area contributed by atoms with Gasteiger partial charge in [0.2, 0.25) is 0 Å². The maximum Gasteiger partial charge on any atom is 0.298 e. The summed E-state index contributed by atoms with van der Waals surface area (Å²) in [5.41, 5.74) is 1.71. The third kappa shape index (κ3) is 2.50. The quantitative estimate of drug-likeness (QED) is 0.735. The van der Waals surface area contributed by atoms with Crippen LogP contribution in [0, 0.1) is 0 Å². The summed E-state index contributed by atoms with van der Waals surface area (Å²) in [7, 11) is 0. The Kier molecular flexibility index (Phi) is 3.08. The van der Waals surface area contributed by atoms with Gasteiger partial charge in [0, 0.05) is 18.9 Å². The lowest BCUT2D eigenvalue weighted by molar-refractivity contribution is 0.0259. The molecular weight excluding hydrogens is 268 g/mol. The summed E-state index contributed by atoms with van der Waals surface area (Å²) in [4.78, 5) is 6.69. The molecule has 1 unspecified atom stereocenters. The van der Waals surface area contributed by atoms with Crippen LogP contribution in [0.5, 0.6) is 0 Å². The van der Waals surface area contributed by atoms with Gasteiger partial charge in [0.1, 0.15) is 5.52 Å². The van der Waals surface area contributed by atoms with E-state index in [2.05, 4.69) is 15.0 Å². The van der Waals surface area contributed by atoms with E-state index in [1.165, 1.54) is 0 Å². The fraction of sp³-hybridized carbons (Fsp3) is 0.333. The van der Waals surface area contributed by atoms with Crippen LogP contribution < -0.4 is 4.90 Å². The van der Waals surface area contributed by atoms with Crippen LogP contribution >= 0.6 is 0 Å². The minimum Gasteiger partial charge on any atom is -0.423 e. The molecule has 0 aliphatic carbocycles. The second-order valence-corrected chi connectivity index (χ2v) is 5.13. The van der Waals surface area contributed by atoms with Gasteiger partial charge >= 0.3 is 0 Å². The molecule has 2 aromatic heterocycles. The molecule has 6 nitrogen and oxygen atoms in total. The Balaban J connectivity index is 1.52. The highest BCUT2D eigenvalue weighted by molar-refractivity contribution is 5.74. The molecule has 0 amide bonds. The lowest BCUT2D eigenvalue weighted by atomic mass is 10.3. The van der Waals surface area contributed by atoms with Gasteiger partial charge in [0.25, 0.3) is 6.01 Å². The first-order valence-electron chi connectivity index (χ1n) is 7.08. The van der Waals surface area contributed by atoms with E-state index in [4.69, 9.17) is 9.15 Å². The number of hydrogen-bond donors (Lipinski definition) is 0. The number of benzene rings is 1. The van der Waals surface area contributed by atoms with Crippen LogP contribution in [0.4, 0.5) is 6.01 Å². The van der Waals surface area contributed by atoms with E-state index in [0.29, 0.717) is 12.6 Å². The van der Waals surface area contributed by atoms with Gasteiger partial charge < -0.3 is 14.1 Å². The van der Waals surface area contributed by atoms with Crippen LogP contribution in [0.15, 0.2) is 47.1 Å². The third-order valence-electron chi connectivity index (χ3n) is 3.64. The number of aromatic nitrogens is 3. The molecule has 0 bridgehead atoms. The molecule has 1 atom stereocenters. The molecule has 21 heavy (non-hydrogen) atoms. The number of oxazole rings is 1. The maximum atomic E-state index is 5.83. The summed E-state index contributed by atoms with van der Waals surface area (Å²) in [5.74, 6) is 0. The Labute approximate surface area is 121 Å². The SMILES string of the molecule is c1ccc2oc(N3CCOC(Cn4cccn4)C3)nc2c1. The number of nitrogens with zero attached hydrogens (tertiary/aromatic N) is 4. The van der Waals surface area contributed by atoms with Crippen LogP contribution in [0.25, 0.3) is 11.1 Å². The molecule has 1 aliphatic heterocycles. The molecule has 6 heteroatoms. The Morgan fingerprint density at radius 2 is 2.19 bits per heavy atom. The van der Waals surface area contributed by atoms with Crippen molar-refractivity contribution in [2.75, 3.05) is 24.6 Å². The van der Waals surface area contributed by atoms with Crippen LogP contribution in [-0.2, 0) is 11.3 Å². The van der Waals surface area contributed by atoms with Crippen molar-refractivity contribution in [3.05, 3.63) is 42.7 Å². The fourth-order valence-corrected chi connectivity index (χ4v) is 2.62. The minimum atomic E-state index is 0.0914. The molecule has 1 fully saturated rings. The van der Waals surface area contributed by atoms with E-state index in [1.54, 1.807) is 6.20 Å². The molecule has 0 N–H and O–H groups in total. The lowest BCUT2D eigenvalue weighted by Gasteiger charge is -2.31. The molecule has 0 spiro atoms. The number of anilines is 1. The molecule has 1 saturated heterocycles. The number of hydrogen-bond acceptors (Lipinski definition) is 5. The van der Waals surface area contributed by atoms with Crippen molar-refractivity contribution in [3.8, 4) is 0 Å². The predicted octanol–water partition coefficient (Wildman–Crippen LogP) is 1.93. The normalized spacial score (nSPS) is 19.2. The van der Waals surface area contributed by atoms with E-state index in [1.807, 2.05) is 41.2 Å². The van der Waals surface area contributed by atoms with Crippen LogP contribution in [0.1, 0.15) is 0 Å². The molecule has 0 radical (unpaired) electrons. The molecule has 4 rings (SSSR count). The number of morpholine rings is 1. The molecule has 1 aromatic carbocycles. The van der Waals surface area contributed by atoms with E-state index < -0.39 is 0 Å². The standard InChI is InChI=1S/C15H16N4O2/c1-2-5-14-13(4-1)17-15(21-14)18-8-9-20-12(10-18)11-19-7-3-6-16-19/h1-7,12H,8-11H2. The highest BCUT2D eigenvalue weighted by atomic mass is 16.5. The van der Waals surface area contributed by atoms with Gasteiger partial charge in [-0.25, -0.2) is 0 Å².